The molecule has 0 radical (unpaired) electrons. The first kappa shape index (κ1) is 14.7. The maximum absolute atomic E-state index is 2.27. The molecule has 0 spiro atoms. The Morgan fingerprint density at radius 3 is 1.13 bits per heavy atom. The van der Waals surface area contributed by atoms with Gasteiger partial charge in [-0.05, 0) is 12.8 Å². The van der Waals surface area contributed by atoms with Crippen LogP contribution in [0.3, 0.4) is 0 Å². The second-order valence-corrected chi connectivity index (χ2v) is 6.24. The van der Waals surface area contributed by atoms with Crippen molar-refractivity contribution in [1.29, 1.82) is 0 Å². The van der Waals surface area contributed by atoms with Crippen LogP contribution < -0.4 is 0 Å². The molecule has 2 aliphatic rings. The standard InChI is InChI=1S/2C5H6.2C2H5.Mg/c2*1-2-4-5-3-1;2*1-2;/h2*1-4H,5H2;2*1H2,2H3;. The largest absolute Gasteiger partial charge is 0.363 e. The van der Waals surface area contributed by atoms with Crippen LogP contribution in [-0.2, 0) is 0 Å². The second-order valence-electron chi connectivity index (χ2n) is 3.54. The summed E-state index contributed by atoms with van der Waals surface area (Å²) in [6.07, 6.45) is 19.0. The Bertz CT molecular complexity index is 177. The highest BCUT2D eigenvalue weighted by Gasteiger charge is 1.79. The lowest BCUT2D eigenvalue weighted by atomic mass is 10.5. The summed E-state index contributed by atoms with van der Waals surface area (Å²) in [7, 11) is 0. The Morgan fingerprint density at radius 1 is 0.733 bits per heavy atom. The van der Waals surface area contributed by atoms with E-state index in [0.29, 0.717) is 20.4 Å². The molecule has 0 N–H and O–H groups in total. The van der Waals surface area contributed by atoms with Crippen molar-refractivity contribution in [2.24, 2.45) is 0 Å². The third-order valence-electron chi connectivity index (χ3n) is 2.02. The van der Waals surface area contributed by atoms with Crippen LogP contribution in [0, 0.1) is 0 Å². The van der Waals surface area contributed by atoms with Crippen molar-refractivity contribution in [2.45, 2.75) is 35.8 Å². The lowest BCUT2D eigenvalue weighted by molar-refractivity contribution is 1.36. The molecule has 2 aliphatic carbocycles. The molecule has 0 nitrogen and oxygen atoms in total. The van der Waals surface area contributed by atoms with Gasteiger partial charge < -0.3 is 0 Å². The minimum Gasteiger partial charge on any atom is -0.149 e. The first-order valence-corrected chi connectivity index (χ1v) is 8.05. The molecule has 0 bridgehead atoms. The van der Waals surface area contributed by atoms with Gasteiger partial charge in [0.05, 0.1) is 0 Å². The van der Waals surface area contributed by atoms with E-state index in [-0.39, 0.29) is 0 Å². The van der Waals surface area contributed by atoms with Crippen molar-refractivity contribution >= 4 is 20.4 Å². The lowest BCUT2D eigenvalue weighted by Crippen LogP contribution is -1.76. The Kier molecular flexibility index (Phi) is 13.5. The van der Waals surface area contributed by atoms with Crippen LogP contribution in [-0.4, -0.2) is 20.4 Å². The first-order chi connectivity index (χ1) is 7.41. The number of allylic oxidation sites excluding steroid dienone is 8. The molecule has 0 aromatic carbocycles. The van der Waals surface area contributed by atoms with Gasteiger partial charge in [-0.3, -0.25) is 0 Å². The van der Waals surface area contributed by atoms with Crippen LogP contribution in [0.15, 0.2) is 48.6 Å². The summed E-state index contributed by atoms with van der Waals surface area (Å²) < 4.78 is 2.97. The van der Waals surface area contributed by atoms with Crippen molar-refractivity contribution in [3.8, 4) is 0 Å². The molecule has 0 aromatic rings. The first-order valence-electron chi connectivity index (χ1n) is 6.05. The third-order valence-corrected chi connectivity index (χ3v) is 3.43. The number of hydrogen-bond acceptors (Lipinski definition) is 0. The molecule has 0 heterocycles. The Labute approximate surface area is 105 Å². The zero-order valence-corrected chi connectivity index (χ0v) is 11.6. The van der Waals surface area contributed by atoms with E-state index in [4.69, 9.17) is 0 Å². The van der Waals surface area contributed by atoms with Gasteiger partial charge in [-0.15, -0.1) is 9.10 Å². The Balaban J connectivity index is 0.000000196. The minimum absolute atomic E-state index is 0.432. The molecule has 0 amide bonds. The van der Waals surface area contributed by atoms with Crippen molar-refractivity contribution in [3.63, 3.8) is 0 Å². The fourth-order valence-electron chi connectivity index (χ4n) is 1.14. The van der Waals surface area contributed by atoms with Gasteiger partial charge in [-0.25, -0.2) is 0 Å². The van der Waals surface area contributed by atoms with Gasteiger partial charge in [-0.1, -0.05) is 62.5 Å². The lowest BCUT2D eigenvalue weighted by Gasteiger charge is -1.72. The molecular weight excluding hydrogens is 192 g/mol. The maximum atomic E-state index is 2.27. The SMILES string of the molecule is C1=CCC=C1.C1=CCC=C1.C[CH2][Mg][CH2]C. The molecule has 1 heteroatoms. The van der Waals surface area contributed by atoms with Gasteiger partial charge in [0.2, 0.25) is 0 Å². The van der Waals surface area contributed by atoms with Crippen LogP contribution >= 0.6 is 0 Å². The van der Waals surface area contributed by atoms with Gasteiger partial charge in [0.1, 0.15) is 0 Å². The highest BCUT2D eigenvalue weighted by Crippen LogP contribution is 1.93. The van der Waals surface area contributed by atoms with Gasteiger partial charge in [-0.2, -0.15) is 0 Å². The normalized spacial score (nSPS) is 14.0. The monoisotopic (exact) mass is 214 g/mol. The van der Waals surface area contributed by atoms with E-state index in [9.17, 15) is 0 Å². The quantitative estimate of drug-likeness (QED) is 0.591. The summed E-state index contributed by atoms with van der Waals surface area (Å²) in [4.78, 5) is 0. The highest BCUT2D eigenvalue weighted by molar-refractivity contribution is 6.34. The van der Waals surface area contributed by atoms with Crippen molar-refractivity contribution < 1.29 is 0 Å². The highest BCUT2D eigenvalue weighted by atomic mass is 24.5. The summed E-state index contributed by atoms with van der Waals surface area (Å²) in [6, 6.07) is 0. The molecule has 0 atom stereocenters. The predicted molar refractivity (Wildman–Crippen MR) is 72.5 cm³/mol. The van der Waals surface area contributed by atoms with E-state index >= 15 is 0 Å². The van der Waals surface area contributed by atoms with Crippen LogP contribution in [0.5, 0.6) is 0 Å². The summed E-state index contributed by atoms with van der Waals surface area (Å²) in [5, 5.41) is 0. The molecule has 15 heavy (non-hydrogen) atoms. The van der Waals surface area contributed by atoms with E-state index in [1.54, 1.807) is 0 Å². The molecule has 0 fully saturated rings. The van der Waals surface area contributed by atoms with E-state index < -0.39 is 0 Å². The van der Waals surface area contributed by atoms with Crippen LogP contribution in [0.4, 0.5) is 0 Å². The zero-order chi connectivity index (χ0) is 11.2. The van der Waals surface area contributed by atoms with E-state index in [0.717, 1.165) is 12.8 Å². The molecular formula is C14H22Mg. The molecule has 0 saturated heterocycles. The molecule has 80 valence electrons. The average Bonchev–Trinajstić information content (AvgIpc) is 2.99. The molecule has 0 unspecified atom stereocenters. The topological polar surface area (TPSA) is 0 Å². The minimum atomic E-state index is 0.432. The van der Waals surface area contributed by atoms with E-state index in [1.807, 2.05) is 0 Å². The van der Waals surface area contributed by atoms with Crippen molar-refractivity contribution in [1.82, 2.24) is 0 Å². The van der Waals surface area contributed by atoms with Gasteiger partial charge in [0, 0.05) is 0 Å². The summed E-state index contributed by atoms with van der Waals surface area (Å²) >= 11 is 0.432. The second kappa shape index (κ2) is 13.7. The fraction of sp³-hybridized carbons (Fsp3) is 0.429. The third kappa shape index (κ3) is 13.7. The van der Waals surface area contributed by atoms with E-state index in [1.165, 1.54) is 9.10 Å². The molecule has 0 aromatic heterocycles. The van der Waals surface area contributed by atoms with Crippen molar-refractivity contribution in [3.05, 3.63) is 48.6 Å². The Hall–Kier alpha value is -0.274. The van der Waals surface area contributed by atoms with Crippen LogP contribution in [0.1, 0.15) is 26.7 Å². The molecule has 0 aliphatic heterocycles. The summed E-state index contributed by atoms with van der Waals surface area (Å²) in [5.74, 6) is 0. The zero-order valence-electron chi connectivity index (χ0n) is 10.2. The molecule has 2 rings (SSSR count). The maximum Gasteiger partial charge on any atom is 0.363 e. The van der Waals surface area contributed by atoms with Gasteiger partial charge in [0.25, 0.3) is 0 Å². The summed E-state index contributed by atoms with van der Waals surface area (Å²) in [6.45, 7) is 4.55. The van der Waals surface area contributed by atoms with Gasteiger partial charge >= 0.3 is 20.4 Å². The number of hydrogen-bond donors (Lipinski definition) is 0. The average molecular weight is 215 g/mol. The van der Waals surface area contributed by atoms with Gasteiger partial charge in [0.15, 0.2) is 0 Å². The van der Waals surface area contributed by atoms with Crippen LogP contribution in [0.25, 0.3) is 0 Å². The number of rotatable bonds is 2. The Morgan fingerprint density at radius 2 is 1.07 bits per heavy atom. The fourth-order valence-corrected chi connectivity index (χ4v) is 1.85. The molecule has 0 saturated carbocycles. The van der Waals surface area contributed by atoms with E-state index in [2.05, 4.69) is 62.5 Å². The van der Waals surface area contributed by atoms with Crippen LogP contribution in [0.2, 0.25) is 9.10 Å². The van der Waals surface area contributed by atoms with Crippen molar-refractivity contribution in [2.75, 3.05) is 0 Å². The summed E-state index contributed by atoms with van der Waals surface area (Å²) in [5.41, 5.74) is 0. The predicted octanol–water partition coefficient (Wildman–Crippen LogP) is 4.57. The smallest absolute Gasteiger partial charge is 0.149 e.